The maximum Gasteiger partial charge on any atom is 0.241 e. The first-order valence-electron chi connectivity index (χ1n) is 6.10. The highest BCUT2D eigenvalue weighted by Crippen LogP contribution is 2.40. The van der Waals surface area contributed by atoms with Gasteiger partial charge < -0.3 is 15.5 Å². The average molecular weight is 245 g/mol. The number of aromatic nitrogens is 1. The van der Waals surface area contributed by atoms with Gasteiger partial charge in [0.25, 0.3) is 0 Å². The number of anilines is 1. The summed E-state index contributed by atoms with van der Waals surface area (Å²) in [6.45, 7) is 1.65. The summed E-state index contributed by atoms with van der Waals surface area (Å²) in [7, 11) is 0. The van der Waals surface area contributed by atoms with Gasteiger partial charge in [-0.25, -0.2) is 4.98 Å². The maximum absolute atomic E-state index is 11.5. The first-order valence-corrected chi connectivity index (χ1v) is 6.10. The molecule has 1 heterocycles. The molecule has 0 saturated heterocycles. The van der Waals surface area contributed by atoms with Crippen molar-refractivity contribution in [3.05, 3.63) is 24.1 Å². The molecule has 1 aromatic carbocycles. The Balaban J connectivity index is 1.88. The predicted molar refractivity (Wildman–Crippen MR) is 68.3 cm³/mol. The number of hydrogen-bond donors (Lipinski definition) is 2. The lowest BCUT2D eigenvalue weighted by Crippen LogP contribution is -2.32. The molecule has 1 amide bonds. The van der Waals surface area contributed by atoms with Gasteiger partial charge in [-0.1, -0.05) is 0 Å². The maximum atomic E-state index is 11.5. The number of nitrogens with two attached hydrogens (primary N) is 1. The molecule has 1 fully saturated rings. The quantitative estimate of drug-likeness (QED) is 0.866. The topological polar surface area (TPSA) is 81.2 Å². The smallest absolute Gasteiger partial charge is 0.241 e. The van der Waals surface area contributed by atoms with Crippen LogP contribution in [-0.4, -0.2) is 16.9 Å². The van der Waals surface area contributed by atoms with E-state index in [1.165, 1.54) is 0 Å². The molecule has 0 spiro atoms. The van der Waals surface area contributed by atoms with Gasteiger partial charge >= 0.3 is 0 Å². The minimum atomic E-state index is -0.530. The minimum Gasteiger partial charge on any atom is -0.440 e. The van der Waals surface area contributed by atoms with E-state index in [0.717, 1.165) is 24.2 Å². The van der Waals surface area contributed by atoms with Crippen molar-refractivity contribution in [3.63, 3.8) is 0 Å². The van der Waals surface area contributed by atoms with Crippen molar-refractivity contribution in [3.8, 4) is 0 Å². The van der Waals surface area contributed by atoms with Gasteiger partial charge in [0.2, 0.25) is 5.91 Å². The lowest BCUT2D eigenvalue weighted by atomic mass is 10.2. The number of fused-ring (bicyclic) bond motifs is 1. The van der Waals surface area contributed by atoms with Gasteiger partial charge in [0.15, 0.2) is 11.5 Å². The largest absolute Gasteiger partial charge is 0.440 e. The summed E-state index contributed by atoms with van der Waals surface area (Å²) in [6, 6.07) is 4.91. The van der Waals surface area contributed by atoms with Crippen molar-refractivity contribution in [1.29, 1.82) is 0 Å². The molecule has 0 unspecified atom stereocenters. The molecule has 0 radical (unpaired) electrons. The number of benzene rings is 1. The average Bonchev–Trinajstić information content (AvgIpc) is 3.09. The summed E-state index contributed by atoms with van der Waals surface area (Å²) in [5.74, 6) is 1.08. The molecule has 2 aromatic rings. The summed E-state index contributed by atoms with van der Waals surface area (Å²) in [4.78, 5) is 15.9. The van der Waals surface area contributed by atoms with Crippen molar-refractivity contribution < 1.29 is 9.21 Å². The van der Waals surface area contributed by atoms with Crippen LogP contribution in [0.5, 0.6) is 0 Å². The molecule has 1 saturated carbocycles. The second-order valence-corrected chi connectivity index (χ2v) is 4.79. The van der Waals surface area contributed by atoms with E-state index >= 15 is 0 Å². The van der Waals surface area contributed by atoms with Crippen molar-refractivity contribution in [2.45, 2.75) is 31.7 Å². The van der Waals surface area contributed by atoms with E-state index in [4.69, 9.17) is 10.2 Å². The monoisotopic (exact) mass is 245 g/mol. The van der Waals surface area contributed by atoms with Gasteiger partial charge in [0.05, 0.1) is 6.04 Å². The van der Waals surface area contributed by atoms with Crippen LogP contribution in [0.25, 0.3) is 11.1 Å². The van der Waals surface area contributed by atoms with Gasteiger partial charge in [0, 0.05) is 17.7 Å². The molecule has 0 aliphatic heterocycles. The Labute approximate surface area is 104 Å². The Kier molecular flexibility index (Phi) is 2.56. The fourth-order valence-electron chi connectivity index (χ4n) is 1.78. The number of rotatable bonds is 3. The van der Waals surface area contributed by atoms with Crippen molar-refractivity contribution in [2.75, 3.05) is 5.32 Å². The lowest BCUT2D eigenvalue weighted by Gasteiger charge is -2.06. The zero-order valence-electron chi connectivity index (χ0n) is 10.1. The highest BCUT2D eigenvalue weighted by atomic mass is 16.3. The van der Waals surface area contributed by atoms with Crippen molar-refractivity contribution in [1.82, 2.24) is 4.98 Å². The third-order valence-electron chi connectivity index (χ3n) is 3.01. The third kappa shape index (κ3) is 2.09. The molecule has 18 heavy (non-hydrogen) atoms. The summed E-state index contributed by atoms with van der Waals surface area (Å²) in [5, 5.41) is 2.74. The zero-order chi connectivity index (χ0) is 12.7. The molecule has 1 aliphatic rings. The molecule has 3 N–H and O–H groups in total. The molecular formula is C13H15N3O2. The third-order valence-corrected chi connectivity index (χ3v) is 3.01. The van der Waals surface area contributed by atoms with E-state index in [1.807, 2.05) is 12.1 Å². The van der Waals surface area contributed by atoms with Crippen molar-refractivity contribution in [2.24, 2.45) is 5.73 Å². The van der Waals surface area contributed by atoms with Gasteiger partial charge in [-0.3, -0.25) is 4.79 Å². The van der Waals surface area contributed by atoms with Crippen LogP contribution < -0.4 is 11.1 Å². The van der Waals surface area contributed by atoms with E-state index in [9.17, 15) is 4.79 Å². The van der Waals surface area contributed by atoms with Gasteiger partial charge in [-0.05, 0) is 31.9 Å². The molecule has 5 nitrogen and oxygen atoms in total. The SMILES string of the molecule is C[C@@H](N)C(=O)Nc1ccc2nc(C3CC3)oc2c1. The fourth-order valence-corrected chi connectivity index (χ4v) is 1.78. The highest BCUT2D eigenvalue weighted by Gasteiger charge is 2.28. The first-order chi connectivity index (χ1) is 8.63. The number of amides is 1. The number of nitrogens with zero attached hydrogens (tertiary/aromatic N) is 1. The molecule has 1 aromatic heterocycles. The second-order valence-electron chi connectivity index (χ2n) is 4.79. The highest BCUT2D eigenvalue weighted by molar-refractivity contribution is 5.95. The number of hydrogen-bond acceptors (Lipinski definition) is 4. The molecular weight excluding hydrogens is 230 g/mol. The van der Waals surface area contributed by atoms with Crippen LogP contribution in [0.4, 0.5) is 5.69 Å². The van der Waals surface area contributed by atoms with Crippen LogP contribution in [0.1, 0.15) is 31.6 Å². The Morgan fingerprint density at radius 1 is 1.56 bits per heavy atom. The van der Waals surface area contributed by atoms with Crippen LogP contribution in [0.3, 0.4) is 0 Å². The van der Waals surface area contributed by atoms with Crippen LogP contribution in [0.2, 0.25) is 0 Å². The molecule has 5 heteroatoms. The van der Waals surface area contributed by atoms with E-state index in [2.05, 4.69) is 10.3 Å². The Bertz CT molecular complexity index is 599. The summed E-state index contributed by atoms with van der Waals surface area (Å²) in [6.07, 6.45) is 2.31. The number of nitrogens with one attached hydrogen (secondary N) is 1. The van der Waals surface area contributed by atoms with E-state index < -0.39 is 6.04 Å². The minimum absolute atomic E-state index is 0.212. The number of carbonyl (C=O) groups is 1. The van der Waals surface area contributed by atoms with E-state index in [1.54, 1.807) is 13.0 Å². The van der Waals surface area contributed by atoms with Crippen molar-refractivity contribution >= 4 is 22.7 Å². The van der Waals surface area contributed by atoms with Gasteiger partial charge in [-0.2, -0.15) is 0 Å². The number of carbonyl (C=O) groups excluding carboxylic acids is 1. The van der Waals surface area contributed by atoms with Crippen LogP contribution in [-0.2, 0) is 4.79 Å². The normalized spacial score (nSPS) is 16.8. The summed E-state index contributed by atoms with van der Waals surface area (Å²) >= 11 is 0. The molecule has 1 atom stereocenters. The fraction of sp³-hybridized carbons (Fsp3) is 0.385. The Morgan fingerprint density at radius 3 is 3.00 bits per heavy atom. The zero-order valence-corrected chi connectivity index (χ0v) is 10.1. The van der Waals surface area contributed by atoms with E-state index in [0.29, 0.717) is 17.2 Å². The van der Waals surface area contributed by atoms with Gasteiger partial charge in [-0.15, -0.1) is 0 Å². The molecule has 94 valence electrons. The first kappa shape index (κ1) is 11.2. The predicted octanol–water partition coefficient (Wildman–Crippen LogP) is 1.99. The van der Waals surface area contributed by atoms with Gasteiger partial charge in [0.1, 0.15) is 5.52 Å². The van der Waals surface area contributed by atoms with Crippen LogP contribution in [0.15, 0.2) is 22.6 Å². The van der Waals surface area contributed by atoms with E-state index in [-0.39, 0.29) is 5.91 Å². The number of oxazole rings is 1. The second kappa shape index (κ2) is 4.10. The lowest BCUT2D eigenvalue weighted by molar-refractivity contribution is -0.117. The molecule has 3 rings (SSSR count). The molecule has 0 bridgehead atoms. The Hall–Kier alpha value is -1.88. The summed E-state index contributed by atoms with van der Waals surface area (Å²) in [5.41, 5.74) is 7.72. The standard InChI is InChI=1S/C13H15N3O2/c1-7(14)12(17)15-9-4-5-10-11(6-9)18-13(16-10)8-2-3-8/h4-8H,2-3,14H2,1H3,(H,15,17)/t7-/m1/s1. The summed E-state index contributed by atoms with van der Waals surface area (Å²) < 4.78 is 5.68. The Morgan fingerprint density at radius 2 is 2.33 bits per heavy atom. The van der Waals surface area contributed by atoms with Crippen LogP contribution >= 0.6 is 0 Å². The molecule has 1 aliphatic carbocycles. The van der Waals surface area contributed by atoms with Crippen LogP contribution in [0, 0.1) is 0 Å².